The molecule has 5 rings (SSSR count). The third-order valence-electron chi connectivity index (χ3n) is 9.75. The second kappa shape index (κ2) is 11.3. The molecule has 0 aromatic heterocycles. The number of methoxy groups -OCH3 is 2. The van der Waals surface area contributed by atoms with E-state index in [1.165, 1.54) is 41.9 Å². The van der Waals surface area contributed by atoms with Crippen molar-refractivity contribution in [1.29, 1.82) is 5.26 Å². The van der Waals surface area contributed by atoms with Crippen LogP contribution in [0.25, 0.3) is 0 Å². The lowest BCUT2D eigenvalue weighted by Gasteiger charge is -2.60. The fraction of sp³-hybridized carbons (Fsp3) is 0.531. The van der Waals surface area contributed by atoms with E-state index in [-0.39, 0.29) is 64.6 Å². The van der Waals surface area contributed by atoms with Gasteiger partial charge in [-0.05, 0) is 47.6 Å². The molecular formula is C32H36N4O9. The number of allylic oxidation sites excluding steroid dienone is 4. The van der Waals surface area contributed by atoms with Gasteiger partial charge < -0.3 is 19.9 Å². The number of nitriles is 1. The lowest BCUT2D eigenvalue weighted by Crippen LogP contribution is -2.74. The van der Waals surface area contributed by atoms with E-state index < -0.39 is 71.3 Å². The third-order valence-corrected chi connectivity index (χ3v) is 9.75. The molecule has 0 radical (unpaired) electrons. The molecule has 6 atom stereocenters. The Labute approximate surface area is 260 Å². The van der Waals surface area contributed by atoms with Crippen molar-refractivity contribution < 1.29 is 43.3 Å². The van der Waals surface area contributed by atoms with E-state index in [1.54, 1.807) is 11.9 Å². The van der Waals surface area contributed by atoms with Crippen LogP contribution in [0.2, 0.25) is 0 Å². The molecule has 0 aromatic carbocycles. The van der Waals surface area contributed by atoms with Crippen molar-refractivity contribution >= 4 is 34.8 Å². The summed E-state index contributed by atoms with van der Waals surface area (Å²) in [6.07, 6.45) is -0.394. The molecule has 3 heterocycles. The number of rotatable bonds is 7. The lowest BCUT2D eigenvalue weighted by molar-refractivity contribution is -0.143. The average Bonchev–Trinajstić information content (AvgIpc) is 2.97. The van der Waals surface area contributed by atoms with E-state index in [0.717, 1.165) is 0 Å². The van der Waals surface area contributed by atoms with Crippen molar-refractivity contribution in [2.24, 2.45) is 0 Å². The van der Waals surface area contributed by atoms with Crippen molar-refractivity contribution in [1.82, 2.24) is 15.1 Å². The van der Waals surface area contributed by atoms with E-state index in [4.69, 9.17) is 9.47 Å². The Morgan fingerprint density at radius 3 is 1.98 bits per heavy atom. The predicted molar refractivity (Wildman–Crippen MR) is 156 cm³/mol. The molecule has 13 heteroatoms. The minimum Gasteiger partial charge on any atom is -0.492 e. The number of amides is 1. The smallest absolute Gasteiger partial charge is 0.252 e. The summed E-state index contributed by atoms with van der Waals surface area (Å²) in [6, 6.07) is -1.75. The number of piperazine rings is 1. The highest BCUT2D eigenvalue weighted by Gasteiger charge is 2.60. The Balaban J connectivity index is 1.67. The highest BCUT2D eigenvalue weighted by molar-refractivity contribution is 6.26. The number of Topliss-reactive ketones (excluding diaryl/α,β-unsaturated/α-hetero) is 5. The SMILES string of the molecule is COC1=C(C)C(=O)C2=C(C1=O)C1C3CC4=C(C(=O)C(OC)=C(C)C4=O)C(CNC(=O)C(C)(O)CC(C)=O)N3C(C#N)C(C2)N1C. The minimum atomic E-state index is -2.06. The Morgan fingerprint density at radius 1 is 0.956 bits per heavy atom. The van der Waals surface area contributed by atoms with Gasteiger partial charge in [-0.25, -0.2) is 0 Å². The van der Waals surface area contributed by atoms with Gasteiger partial charge in [0.1, 0.15) is 17.4 Å². The Morgan fingerprint density at radius 2 is 1.47 bits per heavy atom. The molecule has 1 amide bonds. The van der Waals surface area contributed by atoms with Crippen molar-refractivity contribution in [3.63, 3.8) is 0 Å². The summed E-state index contributed by atoms with van der Waals surface area (Å²) in [4.78, 5) is 83.6. The number of nitrogens with zero attached hydrogens (tertiary/aromatic N) is 3. The zero-order chi connectivity index (χ0) is 33.3. The summed E-state index contributed by atoms with van der Waals surface area (Å²) < 4.78 is 10.7. The number of ether oxygens (including phenoxy) is 2. The molecule has 3 aliphatic heterocycles. The first kappa shape index (κ1) is 32.2. The number of ketones is 5. The predicted octanol–water partition coefficient (Wildman–Crippen LogP) is -0.00832. The Bertz CT molecular complexity index is 1640. The number of carbonyl (C=O) groups is 6. The van der Waals surface area contributed by atoms with Crippen LogP contribution in [0.1, 0.15) is 47.0 Å². The van der Waals surface area contributed by atoms with Gasteiger partial charge in [-0.3, -0.25) is 38.6 Å². The van der Waals surface area contributed by atoms with Crippen molar-refractivity contribution in [3.8, 4) is 6.07 Å². The molecule has 2 aliphatic carbocycles. The number of hydrogen-bond acceptors (Lipinski definition) is 12. The van der Waals surface area contributed by atoms with Crippen molar-refractivity contribution in [2.45, 2.75) is 82.8 Å². The zero-order valence-corrected chi connectivity index (χ0v) is 26.3. The standard InChI is InChI=1S/C32H36N4O9/c1-13(37)10-32(4,43)31(42)34-12-21-22-16(25(38)14(2)29(44-6)27(22)40)9-19-24-23-17(26(39)15(3)30(45-7)28(23)41)8-18(35(24)5)20(11-33)36(19)21/h18-21,24,43H,8-10,12H2,1-7H3,(H,34,42). The van der Waals surface area contributed by atoms with Gasteiger partial charge in [-0.2, -0.15) is 5.26 Å². The van der Waals surface area contributed by atoms with E-state index in [2.05, 4.69) is 11.4 Å². The number of likely N-dealkylation sites (N-methyl/N-ethyl adjacent to an activating group) is 1. The fourth-order valence-electron chi connectivity index (χ4n) is 7.76. The molecule has 238 valence electrons. The van der Waals surface area contributed by atoms with Crippen molar-refractivity contribution in [3.05, 3.63) is 45.0 Å². The lowest BCUT2D eigenvalue weighted by atomic mass is 9.67. The van der Waals surface area contributed by atoms with Crippen molar-refractivity contribution in [2.75, 3.05) is 27.8 Å². The number of nitrogens with one attached hydrogen (secondary N) is 1. The van der Waals surface area contributed by atoms with Crippen LogP contribution in [-0.2, 0) is 38.2 Å². The summed E-state index contributed by atoms with van der Waals surface area (Å²) in [5.41, 5.74) is -1.01. The monoisotopic (exact) mass is 620 g/mol. The van der Waals surface area contributed by atoms with Crippen LogP contribution < -0.4 is 5.32 Å². The molecule has 2 bridgehead atoms. The average molecular weight is 621 g/mol. The minimum absolute atomic E-state index is 0.0239. The molecule has 6 unspecified atom stereocenters. The number of hydrogen-bond donors (Lipinski definition) is 2. The molecular weight excluding hydrogens is 584 g/mol. The summed E-state index contributed by atoms with van der Waals surface area (Å²) in [7, 11) is 4.35. The van der Waals surface area contributed by atoms with E-state index in [9.17, 15) is 39.1 Å². The first-order chi connectivity index (χ1) is 21.1. The Hall–Kier alpha value is -4.25. The quantitative estimate of drug-likeness (QED) is 0.364. The summed E-state index contributed by atoms with van der Waals surface area (Å²) in [6.45, 7) is 5.14. The molecule has 5 aliphatic rings. The van der Waals surface area contributed by atoms with Gasteiger partial charge in [0.25, 0.3) is 5.91 Å². The highest BCUT2D eigenvalue weighted by atomic mass is 16.5. The zero-order valence-electron chi connectivity index (χ0n) is 26.3. The van der Waals surface area contributed by atoms with Gasteiger partial charge in [0.2, 0.25) is 11.6 Å². The fourth-order valence-corrected chi connectivity index (χ4v) is 7.76. The van der Waals surface area contributed by atoms with Gasteiger partial charge in [0.05, 0.1) is 32.4 Å². The molecule has 2 N–H and O–H groups in total. The van der Waals surface area contributed by atoms with Crippen LogP contribution in [-0.4, -0.2) is 113 Å². The largest absolute Gasteiger partial charge is 0.492 e. The van der Waals surface area contributed by atoms with Gasteiger partial charge >= 0.3 is 0 Å². The highest BCUT2D eigenvalue weighted by Crippen LogP contribution is 2.49. The first-order valence-corrected chi connectivity index (χ1v) is 14.7. The molecule has 1 saturated heterocycles. The van der Waals surface area contributed by atoms with Gasteiger partial charge in [-0.15, -0.1) is 0 Å². The second-order valence-corrected chi connectivity index (χ2v) is 12.5. The normalized spacial score (nSPS) is 30.0. The van der Waals surface area contributed by atoms with Gasteiger partial charge in [-0.1, -0.05) is 0 Å². The van der Waals surface area contributed by atoms with Crippen LogP contribution in [0.15, 0.2) is 45.0 Å². The maximum atomic E-state index is 13.9. The molecule has 1 fully saturated rings. The molecule has 13 nitrogen and oxygen atoms in total. The molecule has 0 saturated carbocycles. The maximum absolute atomic E-state index is 13.9. The Kier molecular flexibility index (Phi) is 8.06. The number of fused-ring (bicyclic) bond motifs is 5. The number of aliphatic hydroxyl groups is 1. The molecule has 0 spiro atoms. The van der Waals surface area contributed by atoms with Crippen LogP contribution in [0.5, 0.6) is 0 Å². The third kappa shape index (κ3) is 4.70. The van der Waals surface area contributed by atoms with Crippen LogP contribution in [0.4, 0.5) is 0 Å². The molecule has 0 aromatic rings. The summed E-state index contributed by atoms with van der Waals surface area (Å²) in [5, 5.41) is 24.0. The second-order valence-electron chi connectivity index (χ2n) is 12.5. The van der Waals surface area contributed by atoms with Crippen LogP contribution in [0.3, 0.4) is 0 Å². The summed E-state index contributed by atoms with van der Waals surface area (Å²) >= 11 is 0. The van der Waals surface area contributed by atoms with Crippen LogP contribution >= 0.6 is 0 Å². The van der Waals surface area contributed by atoms with Gasteiger partial charge in [0.15, 0.2) is 23.1 Å². The first-order valence-electron chi connectivity index (χ1n) is 14.7. The van der Waals surface area contributed by atoms with E-state index in [0.29, 0.717) is 5.57 Å². The van der Waals surface area contributed by atoms with Gasteiger partial charge in [0, 0.05) is 58.5 Å². The van der Waals surface area contributed by atoms with E-state index >= 15 is 0 Å². The topological polar surface area (TPSA) is 183 Å². The number of carbonyl (C=O) groups excluding carboxylic acids is 6. The summed E-state index contributed by atoms with van der Waals surface area (Å²) in [5.74, 6) is -3.31. The maximum Gasteiger partial charge on any atom is 0.252 e. The van der Waals surface area contributed by atoms with Crippen LogP contribution in [0, 0.1) is 11.3 Å². The van der Waals surface area contributed by atoms with E-state index in [1.807, 2.05) is 4.90 Å². The molecule has 45 heavy (non-hydrogen) atoms.